The van der Waals surface area contributed by atoms with Gasteiger partial charge in [-0.3, -0.25) is 0 Å². The van der Waals surface area contributed by atoms with Gasteiger partial charge in [0.15, 0.2) is 0 Å². The molecule has 1 N–H and O–H groups in total. The highest BCUT2D eigenvalue weighted by Crippen LogP contribution is 2.04. The minimum atomic E-state index is -0.649. The van der Waals surface area contributed by atoms with Crippen molar-refractivity contribution >= 4 is 0 Å². The average Bonchev–Trinajstić information content (AvgIpc) is 2.12. The van der Waals surface area contributed by atoms with E-state index in [4.69, 9.17) is 0 Å². The molecule has 1 heterocycles. The van der Waals surface area contributed by atoms with Crippen LogP contribution < -0.4 is 5.32 Å². The van der Waals surface area contributed by atoms with Crippen LogP contribution in [0.5, 0.6) is 0 Å². The summed E-state index contributed by atoms with van der Waals surface area (Å²) in [5.41, 5.74) is 0.782. The minimum Gasteiger partial charge on any atom is -0.367 e. The molecule has 0 spiro atoms. The number of hydrogen-bond donors (Lipinski definition) is 1. The summed E-state index contributed by atoms with van der Waals surface area (Å²) >= 11 is 0. The number of nitrogens with one attached hydrogen (secondary N) is 1. The summed E-state index contributed by atoms with van der Waals surface area (Å²) < 4.78 is 0. The second-order valence-corrected chi connectivity index (χ2v) is 2.17. The Hall–Kier alpha value is -1.02. The first-order valence-electron chi connectivity index (χ1n) is 3.26. The molecule has 0 fully saturated rings. The zero-order valence-electron chi connectivity index (χ0n) is 5.87. The van der Waals surface area contributed by atoms with Gasteiger partial charge in [0.25, 0.3) is 0 Å². The summed E-state index contributed by atoms with van der Waals surface area (Å²) in [5, 5.41) is 13.7. The van der Waals surface area contributed by atoms with Gasteiger partial charge in [0, 0.05) is 12.4 Å². The van der Waals surface area contributed by atoms with Crippen molar-refractivity contribution in [2.24, 2.45) is 0 Å². The first-order chi connectivity index (χ1) is 4.80. The quantitative estimate of drug-likeness (QED) is 0.580. The fourth-order valence-corrected chi connectivity index (χ4v) is 0.723. The van der Waals surface area contributed by atoms with Crippen LogP contribution in [-0.2, 0) is 5.11 Å². The van der Waals surface area contributed by atoms with E-state index in [1.807, 2.05) is 18.2 Å². The number of rotatable bonds is 1. The maximum absolute atomic E-state index is 10.8. The molecule has 0 aromatic heterocycles. The molecule has 1 radical (unpaired) electrons. The summed E-state index contributed by atoms with van der Waals surface area (Å²) in [6, 6.07) is 0. The Morgan fingerprint density at radius 2 is 2.30 bits per heavy atom. The van der Waals surface area contributed by atoms with Crippen LogP contribution in [0.3, 0.4) is 0 Å². The van der Waals surface area contributed by atoms with Crippen molar-refractivity contribution in [2.75, 3.05) is 0 Å². The third-order valence-corrected chi connectivity index (χ3v) is 1.31. The molecule has 2 nitrogen and oxygen atoms in total. The summed E-state index contributed by atoms with van der Waals surface area (Å²) in [6.45, 7) is 1.63. The fourth-order valence-electron chi connectivity index (χ4n) is 0.723. The van der Waals surface area contributed by atoms with Crippen molar-refractivity contribution in [1.29, 1.82) is 0 Å². The van der Waals surface area contributed by atoms with Gasteiger partial charge >= 0.3 is 0 Å². The second-order valence-electron chi connectivity index (χ2n) is 2.17. The predicted molar refractivity (Wildman–Crippen MR) is 39.6 cm³/mol. The number of hydrogen-bond acceptors (Lipinski definition) is 1. The summed E-state index contributed by atoms with van der Waals surface area (Å²) in [4.78, 5) is 0. The first kappa shape index (κ1) is 7.09. The molecular formula is C8H10NO. The molecule has 1 rings (SSSR count). The lowest BCUT2D eigenvalue weighted by Gasteiger charge is -2.00. The van der Waals surface area contributed by atoms with E-state index in [2.05, 4.69) is 5.32 Å². The van der Waals surface area contributed by atoms with Crippen LogP contribution >= 0.6 is 0 Å². The van der Waals surface area contributed by atoms with Crippen LogP contribution in [0, 0.1) is 0 Å². The van der Waals surface area contributed by atoms with E-state index < -0.39 is 6.10 Å². The predicted octanol–water partition coefficient (Wildman–Crippen LogP) is 1.36. The first-order valence-corrected chi connectivity index (χ1v) is 3.26. The molecule has 0 aromatic rings. The molecular weight excluding hydrogens is 126 g/mol. The van der Waals surface area contributed by atoms with Gasteiger partial charge in [0.1, 0.15) is 6.10 Å². The minimum absolute atomic E-state index is 0.649. The van der Waals surface area contributed by atoms with E-state index in [-0.39, 0.29) is 0 Å². The van der Waals surface area contributed by atoms with Crippen molar-refractivity contribution in [3.63, 3.8) is 0 Å². The van der Waals surface area contributed by atoms with E-state index in [0.717, 1.165) is 5.57 Å². The van der Waals surface area contributed by atoms with Gasteiger partial charge in [-0.25, -0.2) is 5.11 Å². The van der Waals surface area contributed by atoms with E-state index in [0.29, 0.717) is 0 Å². The maximum atomic E-state index is 10.8. The Balaban J connectivity index is 2.69. The Morgan fingerprint density at radius 3 is 3.00 bits per heavy atom. The van der Waals surface area contributed by atoms with Gasteiger partial charge in [-0.1, -0.05) is 12.2 Å². The molecule has 1 unspecified atom stereocenters. The molecule has 53 valence electrons. The lowest BCUT2D eigenvalue weighted by molar-refractivity contribution is 0.139. The molecule has 0 amide bonds. The van der Waals surface area contributed by atoms with Gasteiger partial charge < -0.3 is 5.32 Å². The summed E-state index contributed by atoms with van der Waals surface area (Å²) in [5.74, 6) is 0. The van der Waals surface area contributed by atoms with Crippen LogP contribution in [0.25, 0.3) is 0 Å². The van der Waals surface area contributed by atoms with Crippen molar-refractivity contribution in [1.82, 2.24) is 5.32 Å². The Labute approximate surface area is 60.6 Å². The Bertz CT molecular complexity index is 189. The Morgan fingerprint density at radius 1 is 1.50 bits per heavy atom. The highest BCUT2D eigenvalue weighted by Gasteiger charge is 2.01. The van der Waals surface area contributed by atoms with Crippen molar-refractivity contribution in [3.05, 3.63) is 36.2 Å². The maximum Gasteiger partial charge on any atom is 0.117 e. The second kappa shape index (κ2) is 3.22. The molecule has 1 aliphatic heterocycles. The van der Waals surface area contributed by atoms with Crippen LogP contribution in [0.2, 0.25) is 0 Å². The van der Waals surface area contributed by atoms with Crippen molar-refractivity contribution in [3.8, 4) is 0 Å². The normalized spacial score (nSPS) is 19.2. The van der Waals surface area contributed by atoms with Crippen LogP contribution in [0.4, 0.5) is 0 Å². The molecule has 0 aromatic carbocycles. The standard InChI is InChI=1S/C8H10NO/c1-7(10)8-4-2-3-5-9-6-8/h2-7,9H,1H3. The van der Waals surface area contributed by atoms with Gasteiger partial charge in [-0.2, -0.15) is 0 Å². The van der Waals surface area contributed by atoms with Gasteiger partial charge in [-0.05, 0) is 18.6 Å². The van der Waals surface area contributed by atoms with Crippen molar-refractivity contribution < 1.29 is 5.11 Å². The zero-order valence-corrected chi connectivity index (χ0v) is 5.87. The van der Waals surface area contributed by atoms with E-state index in [1.165, 1.54) is 0 Å². The van der Waals surface area contributed by atoms with E-state index in [1.54, 1.807) is 19.3 Å². The lowest BCUT2D eigenvalue weighted by atomic mass is 10.2. The van der Waals surface area contributed by atoms with E-state index in [9.17, 15) is 5.11 Å². The van der Waals surface area contributed by atoms with Crippen LogP contribution in [0.1, 0.15) is 6.92 Å². The topological polar surface area (TPSA) is 31.9 Å². The van der Waals surface area contributed by atoms with Crippen molar-refractivity contribution in [2.45, 2.75) is 13.0 Å². The molecule has 0 saturated heterocycles. The van der Waals surface area contributed by atoms with Gasteiger partial charge in [0.05, 0.1) is 0 Å². The average molecular weight is 136 g/mol. The lowest BCUT2D eigenvalue weighted by Crippen LogP contribution is -2.03. The molecule has 1 atom stereocenters. The third kappa shape index (κ3) is 1.74. The zero-order chi connectivity index (χ0) is 7.40. The molecule has 2 heteroatoms. The Kier molecular flexibility index (Phi) is 2.29. The smallest absolute Gasteiger partial charge is 0.117 e. The van der Waals surface area contributed by atoms with Crippen LogP contribution in [-0.4, -0.2) is 6.10 Å². The van der Waals surface area contributed by atoms with Gasteiger partial charge in [0.2, 0.25) is 0 Å². The molecule has 0 saturated carbocycles. The molecule has 0 bridgehead atoms. The van der Waals surface area contributed by atoms with Gasteiger partial charge in [-0.15, -0.1) is 0 Å². The monoisotopic (exact) mass is 136 g/mol. The highest BCUT2D eigenvalue weighted by atomic mass is 16.3. The molecule has 10 heavy (non-hydrogen) atoms. The third-order valence-electron chi connectivity index (χ3n) is 1.31. The van der Waals surface area contributed by atoms with E-state index >= 15 is 0 Å². The largest absolute Gasteiger partial charge is 0.367 e. The number of allylic oxidation sites excluding steroid dienone is 2. The fraction of sp³-hybridized carbons (Fsp3) is 0.250. The summed E-state index contributed by atoms with van der Waals surface area (Å²) in [7, 11) is 0. The van der Waals surface area contributed by atoms with Crippen LogP contribution in [0.15, 0.2) is 36.2 Å². The molecule has 1 aliphatic rings. The SMILES string of the molecule is CC([O])C1=CNC=CC=C1. The molecule has 0 aliphatic carbocycles. The highest BCUT2D eigenvalue weighted by molar-refractivity contribution is 5.27. The summed E-state index contributed by atoms with van der Waals surface area (Å²) in [6.07, 6.45) is 8.37.